The normalized spacial score (nSPS) is 14.3. The van der Waals surface area contributed by atoms with E-state index in [2.05, 4.69) is 5.32 Å². The van der Waals surface area contributed by atoms with Gasteiger partial charge in [0, 0.05) is 37.5 Å². The molecular weight excluding hydrogens is 370 g/mol. The number of nitrogens with two attached hydrogens (primary N) is 1. The topological polar surface area (TPSA) is 102 Å². The lowest BCUT2D eigenvalue weighted by atomic mass is 9.96. The first kappa shape index (κ1) is 20.4. The molecule has 3 rings (SSSR count). The van der Waals surface area contributed by atoms with Crippen LogP contribution >= 0.6 is 0 Å². The van der Waals surface area contributed by atoms with Crippen LogP contribution in [-0.2, 0) is 14.4 Å². The maximum Gasteiger partial charge on any atom is 0.224 e. The van der Waals surface area contributed by atoms with E-state index in [0.29, 0.717) is 37.4 Å². The Hall–Kier alpha value is -3.35. The summed E-state index contributed by atoms with van der Waals surface area (Å²) in [6, 6.07) is 16.5. The van der Waals surface area contributed by atoms with Gasteiger partial charge in [-0.2, -0.15) is 0 Å². The average molecular weight is 395 g/mol. The van der Waals surface area contributed by atoms with Gasteiger partial charge in [-0.1, -0.05) is 18.2 Å². The van der Waals surface area contributed by atoms with Crippen LogP contribution in [0.5, 0.6) is 11.5 Å². The fraction of sp³-hybridized carbons (Fsp3) is 0.318. The van der Waals surface area contributed by atoms with Gasteiger partial charge in [0.05, 0.1) is 0 Å². The number of benzene rings is 2. The van der Waals surface area contributed by atoms with Gasteiger partial charge in [0.1, 0.15) is 11.5 Å². The van der Waals surface area contributed by atoms with Crippen LogP contribution in [0.25, 0.3) is 0 Å². The molecule has 0 bridgehead atoms. The highest BCUT2D eigenvalue weighted by Crippen LogP contribution is 2.23. The van der Waals surface area contributed by atoms with Crippen molar-refractivity contribution in [3.63, 3.8) is 0 Å². The van der Waals surface area contributed by atoms with Crippen molar-refractivity contribution in [1.29, 1.82) is 0 Å². The summed E-state index contributed by atoms with van der Waals surface area (Å²) in [5.41, 5.74) is 5.95. The number of hydrogen-bond donors (Lipinski definition) is 2. The molecule has 152 valence electrons. The molecule has 1 aliphatic rings. The Labute approximate surface area is 169 Å². The number of para-hydroxylation sites is 1. The Kier molecular flexibility index (Phi) is 6.84. The minimum atomic E-state index is -0.309. The van der Waals surface area contributed by atoms with Gasteiger partial charge >= 0.3 is 0 Å². The van der Waals surface area contributed by atoms with Gasteiger partial charge in [-0.05, 0) is 49.2 Å². The minimum absolute atomic E-state index is 0.0744. The second-order valence-electron chi connectivity index (χ2n) is 7.05. The zero-order valence-electron chi connectivity index (χ0n) is 16.2. The lowest BCUT2D eigenvalue weighted by Gasteiger charge is -2.30. The maximum atomic E-state index is 12.3. The number of anilines is 1. The number of amides is 3. The zero-order valence-corrected chi connectivity index (χ0v) is 16.2. The van der Waals surface area contributed by atoms with Gasteiger partial charge in [-0.3, -0.25) is 14.4 Å². The van der Waals surface area contributed by atoms with Gasteiger partial charge in [-0.25, -0.2) is 0 Å². The molecule has 3 N–H and O–H groups in total. The third kappa shape index (κ3) is 6.07. The molecule has 1 aliphatic heterocycles. The van der Waals surface area contributed by atoms with Crippen LogP contribution in [0, 0.1) is 5.92 Å². The third-order valence-electron chi connectivity index (χ3n) is 4.93. The summed E-state index contributed by atoms with van der Waals surface area (Å²) in [5, 5.41) is 2.79. The van der Waals surface area contributed by atoms with E-state index in [0.717, 1.165) is 5.75 Å². The number of carbonyl (C=O) groups excluding carboxylic acids is 3. The number of nitrogens with one attached hydrogen (secondary N) is 1. The second-order valence-corrected chi connectivity index (χ2v) is 7.05. The van der Waals surface area contributed by atoms with E-state index in [9.17, 15) is 14.4 Å². The fourth-order valence-electron chi connectivity index (χ4n) is 3.25. The summed E-state index contributed by atoms with van der Waals surface area (Å²) < 4.78 is 5.71. The number of ether oxygens (including phenoxy) is 1. The Morgan fingerprint density at radius 1 is 0.931 bits per heavy atom. The predicted octanol–water partition coefficient (Wildman–Crippen LogP) is 2.92. The van der Waals surface area contributed by atoms with Gasteiger partial charge in [-0.15, -0.1) is 0 Å². The molecule has 0 aliphatic carbocycles. The molecule has 3 amide bonds. The van der Waals surface area contributed by atoms with Gasteiger partial charge in [0.25, 0.3) is 0 Å². The van der Waals surface area contributed by atoms with Crippen LogP contribution in [0.1, 0.15) is 25.7 Å². The Morgan fingerprint density at radius 2 is 1.55 bits per heavy atom. The van der Waals surface area contributed by atoms with E-state index in [4.69, 9.17) is 10.5 Å². The molecule has 7 heteroatoms. The van der Waals surface area contributed by atoms with Crippen molar-refractivity contribution in [1.82, 2.24) is 4.90 Å². The fourth-order valence-corrected chi connectivity index (χ4v) is 3.25. The standard InChI is InChI=1S/C22H25N3O4/c23-22(28)16-12-14-25(15-13-16)21(27)11-10-20(26)24-17-6-8-19(9-7-17)29-18-4-2-1-3-5-18/h1-9,16H,10-15H2,(H2,23,28)(H,24,26). The van der Waals surface area contributed by atoms with Crippen LogP contribution in [0.15, 0.2) is 54.6 Å². The summed E-state index contributed by atoms with van der Waals surface area (Å²) in [6.07, 6.45) is 1.43. The molecule has 2 aromatic carbocycles. The number of hydrogen-bond acceptors (Lipinski definition) is 4. The molecule has 0 atom stereocenters. The number of carbonyl (C=O) groups is 3. The summed E-state index contributed by atoms with van der Waals surface area (Å²) in [5.74, 6) is 0.649. The number of nitrogens with zero attached hydrogens (tertiary/aromatic N) is 1. The van der Waals surface area contributed by atoms with Crippen LogP contribution < -0.4 is 15.8 Å². The van der Waals surface area contributed by atoms with Crippen LogP contribution in [-0.4, -0.2) is 35.7 Å². The largest absolute Gasteiger partial charge is 0.457 e. The summed E-state index contributed by atoms with van der Waals surface area (Å²) >= 11 is 0. The molecule has 1 saturated heterocycles. The van der Waals surface area contributed by atoms with Crippen molar-refractivity contribution >= 4 is 23.4 Å². The molecule has 7 nitrogen and oxygen atoms in total. The van der Waals surface area contributed by atoms with Crippen molar-refractivity contribution in [2.45, 2.75) is 25.7 Å². The molecule has 0 aromatic heterocycles. The lowest BCUT2D eigenvalue weighted by molar-refractivity contribution is -0.135. The number of piperidine rings is 1. The molecule has 1 fully saturated rings. The Morgan fingerprint density at radius 3 is 2.17 bits per heavy atom. The average Bonchev–Trinajstić information content (AvgIpc) is 2.74. The van der Waals surface area contributed by atoms with Crippen molar-refractivity contribution in [2.24, 2.45) is 11.7 Å². The monoisotopic (exact) mass is 395 g/mol. The number of primary amides is 1. The van der Waals surface area contributed by atoms with Gasteiger partial charge < -0.3 is 20.7 Å². The highest BCUT2D eigenvalue weighted by atomic mass is 16.5. The molecule has 2 aromatic rings. The zero-order chi connectivity index (χ0) is 20.6. The molecule has 0 spiro atoms. The molecule has 0 saturated carbocycles. The summed E-state index contributed by atoms with van der Waals surface area (Å²) in [6.45, 7) is 1.02. The molecule has 0 radical (unpaired) electrons. The predicted molar refractivity (Wildman–Crippen MR) is 109 cm³/mol. The van der Waals surface area contributed by atoms with Crippen LogP contribution in [0.3, 0.4) is 0 Å². The van der Waals surface area contributed by atoms with E-state index in [1.165, 1.54) is 0 Å². The first-order valence-corrected chi connectivity index (χ1v) is 9.71. The quantitative estimate of drug-likeness (QED) is 0.752. The second kappa shape index (κ2) is 9.73. The highest BCUT2D eigenvalue weighted by Gasteiger charge is 2.25. The van der Waals surface area contributed by atoms with Crippen molar-refractivity contribution in [3.05, 3.63) is 54.6 Å². The summed E-state index contributed by atoms with van der Waals surface area (Å²) in [7, 11) is 0. The third-order valence-corrected chi connectivity index (χ3v) is 4.93. The molecule has 1 heterocycles. The van der Waals surface area contributed by atoms with Gasteiger partial charge in [0.2, 0.25) is 17.7 Å². The highest BCUT2D eigenvalue weighted by molar-refractivity contribution is 5.93. The van der Waals surface area contributed by atoms with E-state index in [-0.39, 0.29) is 36.5 Å². The minimum Gasteiger partial charge on any atom is -0.457 e. The smallest absolute Gasteiger partial charge is 0.224 e. The molecule has 29 heavy (non-hydrogen) atoms. The molecular formula is C22H25N3O4. The Bertz CT molecular complexity index is 844. The maximum absolute atomic E-state index is 12.3. The number of likely N-dealkylation sites (tertiary alicyclic amines) is 1. The first-order valence-electron chi connectivity index (χ1n) is 9.71. The van der Waals surface area contributed by atoms with Crippen LogP contribution in [0.4, 0.5) is 5.69 Å². The SMILES string of the molecule is NC(=O)C1CCN(C(=O)CCC(=O)Nc2ccc(Oc3ccccc3)cc2)CC1. The van der Waals surface area contributed by atoms with Crippen molar-refractivity contribution in [2.75, 3.05) is 18.4 Å². The Balaban J connectivity index is 1.41. The van der Waals surface area contributed by atoms with E-state index in [1.807, 2.05) is 30.3 Å². The van der Waals surface area contributed by atoms with E-state index >= 15 is 0 Å². The van der Waals surface area contributed by atoms with Gasteiger partial charge in [0.15, 0.2) is 0 Å². The van der Waals surface area contributed by atoms with E-state index < -0.39 is 0 Å². The van der Waals surface area contributed by atoms with Crippen molar-refractivity contribution < 1.29 is 19.1 Å². The summed E-state index contributed by atoms with van der Waals surface area (Å²) in [4.78, 5) is 37.3. The van der Waals surface area contributed by atoms with Crippen LogP contribution in [0.2, 0.25) is 0 Å². The first-order chi connectivity index (χ1) is 14.0. The number of rotatable bonds is 7. The van der Waals surface area contributed by atoms with Crippen molar-refractivity contribution in [3.8, 4) is 11.5 Å². The lowest BCUT2D eigenvalue weighted by Crippen LogP contribution is -2.41. The van der Waals surface area contributed by atoms with E-state index in [1.54, 1.807) is 29.2 Å². The molecule has 0 unspecified atom stereocenters.